The van der Waals surface area contributed by atoms with Crippen LogP contribution in [-0.4, -0.2) is 15.0 Å². The van der Waals surface area contributed by atoms with E-state index in [1.165, 1.54) is 18.5 Å². The van der Waals surface area contributed by atoms with E-state index in [0.717, 1.165) is 11.3 Å². The molecule has 0 saturated heterocycles. The summed E-state index contributed by atoms with van der Waals surface area (Å²) >= 11 is 7.93. The zero-order chi connectivity index (χ0) is 14.0. The average molecular weight is 341 g/mol. The summed E-state index contributed by atoms with van der Waals surface area (Å²) in [5.74, 6) is 0.222. The molecule has 1 aromatic carbocycles. The molecular formula is C12H10BrFN4S. The number of aryl methyl sites for hydroxylation is 1. The highest BCUT2D eigenvalue weighted by atomic mass is 79.9. The second-order valence-corrected chi connectivity index (χ2v) is 5.15. The van der Waals surface area contributed by atoms with E-state index in [2.05, 4.69) is 31.2 Å². The fourth-order valence-electron chi connectivity index (χ4n) is 1.44. The van der Waals surface area contributed by atoms with Crippen LogP contribution in [0.3, 0.4) is 0 Å². The zero-order valence-corrected chi connectivity index (χ0v) is 12.3. The highest BCUT2D eigenvalue weighted by Gasteiger charge is 2.06. The molecule has 0 spiro atoms. The van der Waals surface area contributed by atoms with Crippen molar-refractivity contribution in [1.82, 2.24) is 9.97 Å². The first-order valence-corrected chi connectivity index (χ1v) is 6.52. The molecule has 0 saturated carbocycles. The highest BCUT2D eigenvalue weighted by Crippen LogP contribution is 2.26. The van der Waals surface area contributed by atoms with Gasteiger partial charge in [-0.2, -0.15) is 0 Å². The lowest BCUT2D eigenvalue weighted by molar-refractivity contribution is 0.620. The molecule has 0 aliphatic rings. The average Bonchev–Trinajstić information content (AvgIpc) is 2.36. The Labute approximate surface area is 123 Å². The minimum Gasteiger partial charge on any atom is -0.388 e. The Bertz CT molecular complexity index is 630. The lowest BCUT2D eigenvalue weighted by atomic mass is 10.2. The van der Waals surface area contributed by atoms with Crippen LogP contribution >= 0.6 is 28.1 Å². The minimum atomic E-state index is -0.307. The standard InChI is InChI=1S/C12H10BrFN4S/c1-6-2-8(14)7(13)3-9(6)18-11-5-16-10(4-17-11)12(15)19/h2-5H,1H3,(H2,15,19)(H,17,18). The fourth-order valence-corrected chi connectivity index (χ4v) is 1.89. The highest BCUT2D eigenvalue weighted by molar-refractivity contribution is 9.10. The van der Waals surface area contributed by atoms with E-state index in [9.17, 15) is 4.39 Å². The molecule has 1 aromatic heterocycles. The molecule has 1 heterocycles. The molecule has 7 heteroatoms. The molecule has 3 N–H and O–H groups in total. The number of anilines is 2. The van der Waals surface area contributed by atoms with Gasteiger partial charge in [0.15, 0.2) is 0 Å². The number of hydrogen-bond donors (Lipinski definition) is 2. The smallest absolute Gasteiger partial charge is 0.148 e. The lowest BCUT2D eigenvalue weighted by Gasteiger charge is -2.10. The molecule has 19 heavy (non-hydrogen) atoms. The Morgan fingerprint density at radius 3 is 2.68 bits per heavy atom. The molecule has 98 valence electrons. The van der Waals surface area contributed by atoms with Gasteiger partial charge in [0.1, 0.15) is 22.3 Å². The van der Waals surface area contributed by atoms with E-state index in [-0.39, 0.29) is 10.8 Å². The maximum atomic E-state index is 13.3. The maximum absolute atomic E-state index is 13.3. The van der Waals surface area contributed by atoms with Gasteiger partial charge in [0, 0.05) is 5.69 Å². The van der Waals surface area contributed by atoms with Crippen molar-refractivity contribution >= 4 is 44.6 Å². The van der Waals surface area contributed by atoms with Gasteiger partial charge < -0.3 is 11.1 Å². The first kappa shape index (κ1) is 13.8. The van der Waals surface area contributed by atoms with Crippen molar-refractivity contribution in [3.05, 3.63) is 46.1 Å². The van der Waals surface area contributed by atoms with Gasteiger partial charge in [-0.15, -0.1) is 0 Å². The zero-order valence-electron chi connectivity index (χ0n) is 9.95. The number of hydrogen-bond acceptors (Lipinski definition) is 4. The molecule has 0 aliphatic heterocycles. The van der Waals surface area contributed by atoms with Crippen molar-refractivity contribution in [3.63, 3.8) is 0 Å². The van der Waals surface area contributed by atoms with E-state index >= 15 is 0 Å². The summed E-state index contributed by atoms with van der Waals surface area (Å²) in [6.07, 6.45) is 3.00. The number of rotatable bonds is 3. The van der Waals surface area contributed by atoms with Gasteiger partial charge in [-0.1, -0.05) is 12.2 Å². The van der Waals surface area contributed by atoms with E-state index in [1.807, 2.05) is 0 Å². The number of nitrogens with one attached hydrogen (secondary N) is 1. The number of nitrogens with zero attached hydrogens (tertiary/aromatic N) is 2. The van der Waals surface area contributed by atoms with Gasteiger partial charge in [0.05, 0.1) is 16.9 Å². The molecule has 2 rings (SSSR count). The number of nitrogens with two attached hydrogens (primary N) is 1. The molecule has 2 aromatic rings. The normalized spacial score (nSPS) is 10.3. The Morgan fingerprint density at radius 2 is 2.11 bits per heavy atom. The quantitative estimate of drug-likeness (QED) is 0.840. The third-order valence-corrected chi connectivity index (χ3v) is 3.25. The predicted molar refractivity (Wildman–Crippen MR) is 80.0 cm³/mol. The van der Waals surface area contributed by atoms with Gasteiger partial charge in [-0.3, -0.25) is 0 Å². The van der Waals surface area contributed by atoms with Crippen molar-refractivity contribution in [2.45, 2.75) is 6.92 Å². The van der Waals surface area contributed by atoms with Gasteiger partial charge >= 0.3 is 0 Å². The first-order chi connectivity index (χ1) is 8.97. The first-order valence-electron chi connectivity index (χ1n) is 5.32. The third kappa shape index (κ3) is 3.24. The minimum absolute atomic E-state index is 0.194. The van der Waals surface area contributed by atoms with Crippen molar-refractivity contribution in [3.8, 4) is 0 Å². The largest absolute Gasteiger partial charge is 0.388 e. The monoisotopic (exact) mass is 340 g/mol. The molecule has 0 fully saturated rings. The van der Waals surface area contributed by atoms with Crippen molar-refractivity contribution in [2.24, 2.45) is 5.73 Å². The topological polar surface area (TPSA) is 63.8 Å². The van der Waals surface area contributed by atoms with Crippen LogP contribution in [0, 0.1) is 12.7 Å². The summed E-state index contributed by atoms with van der Waals surface area (Å²) in [7, 11) is 0. The molecule has 0 atom stereocenters. The van der Waals surface area contributed by atoms with Crippen LogP contribution in [0.2, 0.25) is 0 Å². The van der Waals surface area contributed by atoms with Crippen molar-refractivity contribution in [2.75, 3.05) is 5.32 Å². The second kappa shape index (κ2) is 5.58. The van der Waals surface area contributed by atoms with Crippen LogP contribution < -0.4 is 11.1 Å². The van der Waals surface area contributed by atoms with Crippen molar-refractivity contribution < 1.29 is 4.39 Å². The van der Waals surface area contributed by atoms with Gasteiger partial charge in [0.2, 0.25) is 0 Å². The number of aromatic nitrogens is 2. The second-order valence-electron chi connectivity index (χ2n) is 3.86. The van der Waals surface area contributed by atoms with Gasteiger partial charge in [-0.05, 0) is 40.5 Å². The molecule has 0 aliphatic carbocycles. The number of benzene rings is 1. The fraction of sp³-hybridized carbons (Fsp3) is 0.0833. The summed E-state index contributed by atoms with van der Waals surface area (Å²) in [6.45, 7) is 1.80. The van der Waals surface area contributed by atoms with Crippen LogP contribution in [0.1, 0.15) is 11.3 Å². The number of thiocarbonyl (C=S) groups is 1. The van der Waals surface area contributed by atoms with Crippen LogP contribution in [0.15, 0.2) is 29.0 Å². The van der Waals surface area contributed by atoms with E-state index < -0.39 is 0 Å². The molecule has 4 nitrogen and oxygen atoms in total. The summed E-state index contributed by atoms with van der Waals surface area (Å²) in [5, 5.41) is 3.05. The molecular weight excluding hydrogens is 331 g/mol. The van der Waals surface area contributed by atoms with Gasteiger partial charge in [-0.25, -0.2) is 14.4 Å². The SMILES string of the molecule is Cc1cc(F)c(Br)cc1Nc1cnc(C(N)=S)cn1. The lowest BCUT2D eigenvalue weighted by Crippen LogP contribution is -2.12. The predicted octanol–water partition coefficient (Wildman–Crippen LogP) is 3.06. The van der Waals surface area contributed by atoms with Crippen LogP contribution in [-0.2, 0) is 0 Å². The van der Waals surface area contributed by atoms with E-state index in [1.54, 1.807) is 13.0 Å². The Hall–Kier alpha value is -1.60. The van der Waals surface area contributed by atoms with E-state index in [0.29, 0.717) is 16.0 Å². The van der Waals surface area contributed by atoms with Crippen molar-refractivity contribution in [1.29, 1.82) is 0 Å². The molecule has 0 amide bonds. The Kier molecular flexibility index (Phi) is 4.06. The Morgan fingerprint density at radius 1 is 1.37 bits per heavy atom. The summed E-state index contributed by atoms with van der Waals surface area (Å²) < 4.78 is 13.7. The van der Waals surface area contributed by atoms with Gasteiger partial charge in [0.25, 0.3) is 0 Å². The maximum Gasteiger partial charge on any atom is 0.148 e. The molecule has 0 bridgehead atoms. The summed E-state index contributed by atoms with van der Waals surface area (Å²) in [5.41, 5.74) is 7.40. The van der Waals surface area contributed by atoms with Crippen LogP contribution in [0.4, 0.5) is 15.9 Å². The van der Waals surface area contributed by atoms with E-state index in [4.69, 9.17) is 18.0 Å². The summed E-state index contributed by atoms with van der Waals surface area (Å²) in [4.78, 5) is 8.40. The molecule has 0 unspecified atom stereocenters. The van der Waals surface area contributed by atoms with Crippen LogP contribution in [0.5, 0.6) is 0 Å². The third-order valence-electron chi connectivity index (χ3n) is 2.43. The number of halogens is 2. The van der Waals surface area contributed by atoms with Crippen LogP contribution in [0.25, 0.3) is 0 Å². The Balaban J connectivity index is 2.26. The molecule has 0 radical (unpaired) electrons. The summed E-state index contributed by atoms with van der Waals surface area (Å²) in [6, 6.07) is 3.08.